The molecule has 5 aromatic carbocycles. The van der Waals surface area contributed by atoms with E-state index >= 15 is 0 Å². The minimum atomic E-state index is -1.12. The SMILES string of the molecule is COC(=O)c1cc(C#CCCN(OC(=O)Oc2ccccc2)C(=O)Oc2ccccc2)ccc1OCCN1CCN([C@H](c2ccccc2)c2ccc(Cl)cc2)CC1. The van der Waals surface area contributed by atoms with E-state index in [2.05, 4.69) is 58.0 Å². The molecule has 292 valence electrons. The molecular weight excluding hydrogens is 746 g/mol. The summed E-state index contributed by atoms with van der Waals surface area (Å²) in [6.45, 7) is 4.39. The Morgan fingerprint density at radius 1 is 0.754 bits per heavy atom. The molecule has 0 radical (unpaired) electrons. The largest absolute Gasteiger partial charge is 0.539 e. The van der Waals surface area contributed by atoms with Crippen LogP contribution in [0.2, 0.25) is 5.02 Å². The zero-order valence-corrected chi connectivity index (χ0v) is 32.2. The minimum Gasteiger partial charge on any atom is -0.491 e. The lowest BCUT2D eigenvalue weighted by Gasteiger charge is -2.39. The third kappa shape index (κ3) is 11.8. The van der Waals surface area contributed by atoms with Crippen molar-refractivity contribution in [1.82, 2.24) is 14.9 Å². The number of hydrogen-bond donors (Lipinski definition) is 0. The highest BCUT2D eigenvalue weighted by Gasteiger charge is 2.27. The van der Waals surface area contributed by atoms with E-state index in [9.17, 15) is 14.4 Å². The van der Waals surface area contributed by atoms with Gasteiger partial charge in [-0.2, -0.15) is 0 Å². The number of rotatable bonds is 12. The van der Waals surface area contributed by atoms with Crippen molar-refractivity contribution in [3.63, 3.8) is 0 Å². The monoisotopic (exact) mass is 787 g/mol. The molecule has 11 nitrogen and oxygen atoms in total. The molecule has 1 saturated heterocycles. The smallest absolute Gasteiger partial charge is 0.491 e. The second kappa shape index (κ2) is 20.6. The molecule has 0 aliphatic carbocycles. The van der Waals surface area contributed by atoms with Crippen molar-refractivity contribution in [1.29, 1.82) is 0 Å². The summed E-state index contributed by atoms with van der Waals surface area (Å²) in [4.78, 5) is 48.3. The molecule has 0 aromatic heterocycles. The van der Waals surface area contributed by atoms with Crippen molar-refractivity contribution in [2.45, 2.75) is 12.5 Å². The highest BCUT2D eigenvalue weighted by molar-refractivity contribution is 6.30. The Hall–Kier alpha value is -6.32. The Morgan fingerprint density at radius 3 is 2.02 bits per heavy atom. The third-order valence-electron chi connectivity index (χ3n) is 9.08. The molecule has 57 heavy (non-hydrogen) atoms. The van der Waals surface area contributed by atoms with E-state index in [0.717, 1.165) is 31.2 Å². The van der Waals surface area contributed by atoms with Crippen LogP contribution in [0.4, 0.5) is 9.59 Å². The number of nitrogens with zero attached hydrogens (tertiary/aromatic N) is 3. The van der Waals surface area contributed by atoms with Gasteiger partial charge < -0.3 is 18.9 Å². The summed E-state index contributed by atoms with van der Waals surface area (Å²) in [5.74, 6) is 6.29. The zero-order valence-electron chi connectivity index (χ0n) is 31.4. The van der Waals surface area contributed by atoms with E-state index in [0.29, 0.717) is 29.5 Å². The fourth-order valence-corrected chi connectivity index (χ4v) is 6.38. The average Bonchev–Trinajstić information content (AvgIpc) is 3.24. The van der Waals surface area contributed by atoms with Gasteiger partial charge in [0.05, 0.1) is 19.7 Å². The first-order valence-corrected chi connectivity index (χ1v) is 18.8. The molecule has 1 heterocycles. The van der Waals surface area contributed by atoms with Crippen molar-refractivity contribution in [3.05, 3.63) is 161 Å². The average molecular weight is 788 g/mol. The van der Waals surface area contributed by atoms with Crippen molar-refractivity contribution >= 4 is 29.8 Å². The van der Waals surface area contributed by atoms with Gasteiger partial charge in [0.15, 0.2) is 0 Å². The van der Waals surface area contributed by atoms with Gasteiger partial charge in [-0.1, -0.05) is 102 Å². The van der Waals surface area contributed by atoms with Crippen LogP contribution in [0.15, 0.2) is 133 Å². The van der Waals surface area contributed by atoms with Gasteiger partial charge in [-0.05, 0) is 65.7 Å². The molecule has 0 unspecified atom stereocenters. The number of para-hydroxylation sites is 2. The van der Waals surface area contributed by atoms with Gasteiger partial charge in [0.25, 0.3) is 0 Å². The number of halogens is 1. The first-order chi connectivity index (χ1) is 27.9. The Bertz CT molecular complexity index is 2140. The predicted octanol–water partition coefficient (Wildman–Crippen LogP) is 8.29. The number of methoxy groups -OCH3 is 1. The molecular formula is C45H42ClN3O8. The second-order valence-corrected chi connectivity index (χ2v) is 13.3. The highest BCUT2D eigenvalue weighted by Crippen LogP contribution is 2.30. The van der Waals surface area contributed by atoms with Crippen LogP contribution >= 0.6 is 11.6 Å². The molecule has 0 spiro atoms. The molecule has 5 aromatic rings. The van der Waals surface area contributed by atoms with Crippen LogP contribution < -0.4 is 14.2 Å². The fraction of sp³-hybridized carbons (Fsp3) is 0.222. The van der Waals surface area contributed by atoms with Crippen molar-refractivity contribution < 1.29 is 38.2 Å². The van der Waals surface area contributed by atoms with E-state index in [4.69, 9.17) is 35.4 Å². The summed E-state index contributed by atoms with van der Waals surface area (Å²) in [5, 5.41) is 1.46. The Labute approximate surface area is 337 Å². The number of benzene rings is 5. The maximum Gasteiger partial charge on any atom is 0.539 e. The molecule has 1 fully saturated rings. The lowest BCUT2D eigenvalue weighted by atomic mass is 9.96. The number of hydroxylamine groups is 2. The maximum absolute atomic E-state index is 12.9. The van der Waals surface area contributed by atoms with Gasteiger partial charge in [0.1, 0.15) is 29.4 Å². The number of carbonyl (C=O) groups excluding carboxylic acids is 3. The lowest BCUT2D eigenvalue weighted by molar-refractivity contribution is -0.0880. The Kier molecular flexibility index (Phi) is 14.5. The number of carbonyl (C=O) groups is 3. The van der Waals surface area contributed by atoms with Crippen LogP contribution in [0.1, 0.15) is 39.5 Å². The molecule has 1 aliphatic rings. The first kappa shape index (κ1) is 40.3. The van der Waals surface area contributed by atoms with Crippen LogP contribution in [0.3, 0.4) is 0 Å². The predicted molar refractivity (Wildman–Crippen MR) is 215 cm³/mol. The van der Waals surface area contributed by atoms with E-state index in [1.165, 1.54) is 18.2 Å². The molecule has 1 atom stereocenters. The van der Waals surface area contributed by atoms with Crippen LogP contribution in [-0.2, 0) is 9.57 Å². The van der Waals surface area contributed by atoms with Crippen LogP contribution in [0.5, 0.6) is 17.2 Å². The van der Waals surface area contributed by atoms with E-state index < -0.39 is 18.2 Å². The number of esters is 1. The molecule has 0 bridgehead atoms. The number of ether oxygens (including phenoxy) is 4. The summed E-state index contributed by atoms with van der Waals surface area (Å²) >= 11 is 6.20. The normalized spacial score (nSPS) is 13.3. The molecule has 0 saturated carbocycles. The molecule has 1 amide bonds. The number of amides is 1. The van der Waals surface area contributed by atoms with E-state index in [1.807, 2.05) is 18.2 Å². The standard InChI is InChI=1S/C45H42ClN3O8/c1-53-43(50)40-33-34(13-11-12-26-49(44(51)55-38-16-7-3-8-17-38)57-45(52)56-39-18-9-4-10-19-39)20-25-41(40)54-32-31-47-27-29-48(30-28-47)42(35-14-5-2-6-15-35)36-21-23-37(46)24-22-36/h2-10,14-25,33,42H,12,26-32H2,1H3/t42-/m1/s1. The second-order valence-electron chi connectivity index (χ2n) is 12.9. The molecule has 6 rings (SSSR count). The van der Waals surface area contributed by atoms with Gasteiger partial charge in [0.2, 0.25) is 0 Å². The van der Waals surface area contributed by atoms with E-state index in [1.54, 1.807) is 78.9 Å². The third-order valence-corrected chi connectivity index (χ3v) is 9.33. The molecule has 12 heteroatoms. The van der Waals surface area contributed by atoms with Gasteiger partial charge in [-0.25, -0.2) is 14.4 Å². The van der Waals surface area contributed by atoms with Crippen LogP contribution in [0, 0.1) is 11.8 Å². The first-order valence-electron chi connectivity index (χ1n) is 18.5. The number of piperazine rings is 1. The van der Waals surface area contributed by atoms with E-state index in [-0.39, 0.29) is 36.1 Å². The summed E-state index contributed by atoms with van der Waals surface area (Å²) < 4.78 is 21.7. The van der Waals surface area contributed by atoms with Crippen molar-refractivity contribution in [2.24, 2.45) is 0 Å². The van der Waals surface area contributed by atoms with Gasteiger partial charge in [-0.3, -0.25) is 14.6 Å². The summed E-state index contributed by atoms with van der Waals surface area (Å²) in [6.07, 6.45) is -1.96. The molecule has 1 aliphatic heterocycles. The lowest BCUT2D eigenvalue weighted by Crippen LogP contribution is -2.48. The van der Waals surface area contributed by atoms with Crippen molar-refractivity contribution in [2.75, 3.05) is 53.0 Å². The summed E-state index contributed by atoms with van der Waals surface area (Å²) in [5.41, 5.74) is 3.20. The topological polar surface area (TPSA) is 107 Å². The Morgan fingerprint density at radius 2 is 1.37 bits per heavy atom. The molecule has 0 N–H and O–H groups in total. The van der Waals surface area contributed by atoms with Gasteiger partial charge in [0, 0.05) is 49.7 Å². The van der Waals surface area contributed by atoms with Crippen molar-refractivity contribution in [3.8, 4) is 29.1 Å². The fourth-order valence-electron chi connectivity index (χ4n) is 6.26. The minimum absolute atomic E-state index is 0.0906. The van der Waals surface area contributed by atoms with Crippen LogP contribution in [0.25, 0.3) is 0 Å². The zero-order chi connectivity index (χ0) is 39.8. The summed E-state index contributed by atoms with van der Waals surface area (Å²) in [6, 6.07) is 40.4. The quantitative estimate of drug-likeness (QED) is 0.0531. The maximum atomic E-state index is 12.9. The van der Waals surface area contributed by atoms with Gasteiger partial charge in [-0.15, -0.1) is 5.06 Å². The summed E-state index contributed by atoms with van der Waals surface area (Å²) in [7, 11) is 1.31. The number of hydrogen-bond acceptors (Lipinski definition) is 10. The van der Waals surface area contributed by atoms with Crippen LogP contribution in [-0.4, -0.2) is 86.1 Å². The highest BCUT2D eigenvalue weighted by atomic mass is 35.5. The Balaban J connectivity index is 1.03. The van der Waals surface area contributed by atoms with Gasteiger partial charge >= 0.3 is 18.2 Å².